The Labute approximate surface area is 117 Å². The SMILES string of the molecule is CCCCCCCCCC(O)OCc1ccccc1. The van der Waals surface area contributed by atoms with E-state index in [0.717, 1.165) is 18.4 Å². The number of aliphatic hydroxyl groups excluding tert-OH is 1. The van der Waals surface area contributed by atoms with Crippen molar-refractivity contribution in [3.05, 3.63) is 35.9 Å². The van der Waals surface area contributed by atoms with Gasteiger partial charge in [-0.15, -0.1) is 0 Å². The van der Waals surface area contributed by atoms with Crippen LogP contribution in [0.25, 0.3) is 0 Å². The van der Waals surface area contributed by atoms with E-state index >= 15 is 0 Å². The third-order valence-corrected chi connectivity index (χ3v) is 3.34. The number of rotatable bonds is 11. The second kappa shape index (κ2) is 11.0. The Morgan fingerprint density at radius 1 is 0.947 bits per heavy atom. The molecule has 0 bridgehead atoms. The predicted octanol–water partition coefficient (Wildman–Crippen LogP) is 4.66. The molecule has 2 heteroatoms. The molecule has 1 N–H and O–H groups in total. The van der Waals surface area contributed by atoms with Gasteiger partial charge in [-0.05, 0) is 18.4 Å². The van der Waals surface area contributed by atoms with Gasteiger partial charge >= 0.3 is 0 Å². The summed E-state index contributed by atoms with van der Waals surface area (Å²) in [6.07, 6.45) is 9.01. The molecule has 0 aliphatic carbocycles. The van der Waals surface area contributed by atoms with Gasteiger partial charge in [-0.3, -0.25) is 0 Å². The zero-order valence-electron chi connectivity index (χ0n) is 12.2. The smallest absolute Gasteiger partial charge is 0.154 e. The molecular formula is C17H28O2. The maximum absolute atomic E-state index is 9.73. The highest BCUT2D eigenvalue weighted by Crippen LogP contribution is 2.11. The summed E-state index contributed by atoms with van der Waals surface area (Å²) in [5, 5.41) is 9.73. The molecule has 0 radical (unpaired) electrons. The van der Waals surface area contributed by atoms with E-state index in [0.29, 0.717) is 6.61 Å². The van der Waals surface area contributed by atoms with Crippen LogP contribution in [0.5, 0.6) is 0 Å². The van der Waals surface area contributed by atoms with Crippen LogP contribution < -0.4 is 0 Å². The van der Waals surface area contributed by atoms with Crippen molar-refractivity contribution in [2.45, 2.75) is 71.2 Å². The molecule has 1 aromatic rings. The molecule has 19 heavy (non-hydrogen) atoms. The molecule has 0 spiro atoms. The van der Waals surface area contributed by atoms with Crippen molar-refractivity contribution in [3.63, 3.8) is 0 Å². The van der Waals surface area contributed by atoms with Crippen molar-refractivity contribution in [1.82, 2.24) is 0 Å². The standard InChI is InChI=1S/C17H28O2/c1-2-3-4-5-6-7-11-14-17(18)19-15-16-12-9-8-10-13-16/h8-10,12-13,17-18H,2-7,11,14-15H2,1H3. The van der Waals surface area contributed by atoms with Crippen molar-refractivity contribution in [2.24, 2.45) is 0 Å². The van der Waals surface area contributed by atoms with Crippen LogP contribution in [0.15, 0.2) is 30.3 Å². The van der Waals surface area contributed by atoms with Gasteiger partial charge in [0.1, 0.15) is 0 Å². The molecule has 0 aliphatic heterocycles. The second-order valence-corrected chi connectivity index (χ2v) is 5.16. The molecule has 1 unspecified atom stereocenters. The van der Waals surface area contributed by atoms with Crippen molar-refractivity contribution >= 4 is 0 Å². The van der Waals surface area contributed by atoms with Crippen molar-refractivity contribution in [1.29, 1.82) is 0 Å². The normalized spacial score (nSPS) is 12.5. The van der Waals surface area contributed by atoms with E-state index in [9.17, 15) is 5.11 Å². The average molecular weight is 264 g/mol. The molecule has 0 heterocycles. The number of aliphatic hydroxyl groups is 1. The predicted molar refractivity (Wildman–Crippen MR) is 79.8 cm³/mol. The first-order valence-electron chi connectivity index (χ1n) is 7.66. The minimum Gasteiger partial charge on any atom is -0.368 e. The minimum atomic E-state index is -0.615. The maximum atomic E-state index is 9.73. The van der Waals surface area contributed by atoms with Crippen LogP contribution >= 0.6 is 0 Å². The highest BCUT2D eigenvalue weighted by molar-refractivity contribution is 5.13. The Bertz CT molecular complexity index is 297. The van der Waals surface area contributed by atoms with Gasteiger partial charge in [0.15, 0.2) is 6.29 Å². The molecule has 0 amide bonds. The van der Waals surface area contributed by atoms with E-state index in [-0.39, 0.29) is 0 Å². The third kappa shape index (κ3) is 8.79. The van der Waals surface area contributed by atoms with E-state index in [1.54, 1.807) is 0 Å². The lowest BCUT2D eigenvalue weighted by Crippen LogP contribution is -2.11. The van der Waals surface area contributed by atoms with Gasteiger partial charge in [0, 0.05) is 0 Å². The van der Waals surface area contributed by atoms with Gasteiger partial charge in [0.25, 0.3) is 0 Å². The molecule has 1 atom stereocenters. The van der Waals surface area contributed by atoms with Gasteiger partial charge in [0.2, 0.25) is 0 Å². The molecule has 0 fully saturated rings. The van der Waals surface area contributed by atoms with Crippen molar-refractivity contribution in [2.75, 3.05) is 0 Å². The topological polar surface area (TPSA) is 29.5 Å². The second-order valence-electron chi connectivity index (χ2n) is 5.16. The molecule has 0 aliphatic rings. The Morgan fingerprint density at radius 2 is 1.58 bits per heavy atom. The summed E-state index contributed by atoms with van der Waals surface area (Å²) in [7, 11) is 0. The summed E-state index contributed by atoms with van der Waals surface area (Å²) >= 11 is 0. The summed E-state index contributed by atoms with van der Waals surface area (Å²) in [6.45, 7) is 2.74. The Balaban J connectivity index is 1.95. The lowest BCUT2D eigenvalue weighted by Gasteiger charge is -2.11. The molecule has 0 saturated heterocycles. The fourth-order valence-electron chi connectivity index (χ4n) is 2.13. The highest BCUT2D eigenvalue weighted by Gasteiger charge is 2.04. The van der Waals surface area contributed by atoms with Crippen LogP contribution in [0.2, 0.25) is 0 Å². The number of hydrogen-bond donors (Lipinski definition) is 1. The fraction of sp³-hybridized carbons (Fsp3) is 0.647. The van der Waals surface area contributed by atoms with Gasteiger partial charge in [0.05, 0.1) is 6.61 Å². The lowest BCUT2D eigenvalue weighted by atomic mass is 10.1. The van der Waals surface area contributed by atoms with Crippen molar-refractivity contribution < 1.29 is 9.84 Å². The van der Waals surface area contributed by atoms with E-state index < -0.39 is 6.29 Å². The summed E-state index contributed by atoms with van der Waals surface area (Å²) in [5.41, 5.74) is 1.11. The van der Waals surface area contributed by atoms with Gasteiger partial charge < -0.3 is 9.84 Å². The van der Waals surface area contributed by atoms with Gasteiger partial charge in [-0.1, -0.05) is 75.8 Å². The molecule has 2 nitrogen and oxygen atoms in total. The Morgan fingerprint density at radius 3 is 2.26 bits per heavy atom. The summed E-state index contributed by atoms with van der Waals surface area (Å²) < 4.78 is 5.43. The third-order valence-electron chi connectivity index (χ3n) is 3.34. The minimum absolute atomic E-state index is 0.499. The summed E-state index contributed by atoms with van der Waals surface area (Å²) in [4.78, 5) is 0. The largest absolute Gasteiger partial charge is 0.368 e. The zero-order chi connectivity index (χ0) is 13.8. The monoisotopic (exact) mass is 264 g/mol. The number of hydrogen-bond acceptors (Lipinski definition) is 2. The van der Waals surface area contributed by atoms with E-state index in [1.165, 1.54) is 38.5 Å². The first kappa shape index (κ1) is 16.2. The lowest BCUT2D eigenvalue weighted by molar-refractivity contribution is -0.112. The fourth-order valence-corrected chi connectivity index (χ4v) is 2.13. The zero-order valence-corrected chi connectivity index (χ0v) is 12.2. The highest BCUT2D eigenvalue weighted by atomic mass is 16.6. The van der Waals surface area contributed by atoms with E-state index in [2.05, 4.69) is 6.92 Å². The quantitative estimate of drug-likeness (QED) is 0.465. The van der Waals surface area contributed by atoms with E-state index in [4.69, 9.17) is 4.74 Å². The number of unbranched alkanes of at least 4 members (excludes halogenated alkanes) is 6. The van der Waals surface area contributed by atoms with Crippen LogP contribution in [-0.4, -0.2) is 11.4 Å². The summed E-state index contributed by atoms with van der Waals surface area (Å²) in [5.74, 6) is 0. The molecule has 0 aromatic heterocycles. The first-order chi connectivity index (χ1) is 9.33. The van der Waals surface area contributed by atoms with Crippen LogP contribution in [0.3, 0.4) is 0 Å². The average Bonchev–Trinajstić information content (AvgIpc) is 2.45. The van der Waals surface area contributed by atoms with Gasteiger partial charge in [-0.2, -0.15) is 0 Å². The van der Waals surface area contributed by atoms with Crippen molar-refractivity contribution in [3.8, 4) is 0 Å². The molecular weight excluding hydrogens is 236 g/mol. The molecule has 108 valence electrons. The molecule has 0 saturated carbocycles. The number of ether oxygens (including phenoxy) is 1. The van der Waals surface area contributed by atoms with E-state index in [1.807, 2.05) is 30.3 Å². The summed E-state index contributed by atoms with van der Waals surface area (Å²) in [6, 6.07) is 9.99. The van der Waals surface area contributed by atoms with Crippen LogP contribution in [0.4, 0.5) is 0 Å². The molecule has 1 aromatic carbocycles. The molecule has 1 rings (SSSR count). The van der Waals surface area contributed by atoms with Crippen LogP contribution in [0, 0.1) is 0 Å². The maximum Gasteiger partial charge on any atom is 0.154 e. The number of benzene rings is 1. The van der Waals surface area contributed by atoms with Crippen LogP contribution in [-0.2, 0) is 11.3 Å². The Hall–Kier alpha value is -0.860. The van der Waals surface area contributed by atoms with Crippen LogP contribution in [0.1, 0.15) is 63.9 Å². The van der Waals surface area contributed by atoms with Gasteiger partial charge in [-0.25, -0.2) is 0 Å². The first-order valence-corrected chi connectivity index (χ1v) is 7.66. The Kier molecular flexibility index (Phi) is 9.38.